The molecular formula is C14H19ClF2N2O. The molecule has 3 nitrogen and oxygen atoms in total. The average molecular weight is 305 g/mol. The minimum absolute atomic E-state index is 0.00812. The topological polar surface area (TPSA) is 47.3 Å². The van der Waals surface area contributed by atoms with Crippen LogP contribution in [0.2, 0.25) is 5.02 Å². The van der Waals surface area contributed by atoms with Crippen LogP contribution in [0.1, 0.15) is 25.7 Å². The van der Waals surface area contributed by atoms with Crippen molar-refractivity contribution in [2.45, 2.75) is 38.3 Å². The highest BCUT2D eigenvalue weighted by Gasteiger charge is 2.23. The van der Waals surface area contributed by atoms with E-state index in [1.54, 1.807) is 12.1 Å². The summed E-state index contributed by atoms with van der Waals surface area (Å²) in [7, 11) is 0. The molecule has 0 aromatic heterocycles. The highest BCUT2D eigenvalue weighted by Crippen LogP contribution is 2.31. The number of ether oxygens (including phenoxy) is 1. The normalized spacial score (nSPS) is 22.9. The third kappa shape index (κ3) is 3.96. The minimum Gasteiger partial charge on any atom is -0.433 e. The highest BCUT2D eigenvalue weighted by atomic mass is 35.5. The second-order valence-corrected chi connectivity index (χ2v) is 5.46. The van der Waals surface area contributed by atoms with Crippen LogP contribution in [-0.4, -0.2) is 19.2 Å². The van der Waals surface area contributed by atoms with Crippen molar-refractivity contribution in [3.63, 3.8) is 0 Å². The van der Waals surface area contributed by atoms with Gasteiger partial charge in [0.1, 0.15) is 5.75 Å². The maximum atomic E-state index is 12.2. The van der Waals surface area contributed by atoms with Crippen LogP contribution in [0.25, 0.3) is 0 Å². The van der Waals surface area contributed by atoms with Gasteiger partial charge in [-0.2, -0.15) is 8.78 Å². The Labute approximate surface area is 122 Å². The third-order valence-corrected chi connectivity index (χ3v) is 4.01. The summed E-state index contributed by atoms with van der Waals surface area (Å²) in [6.45, 7) is -2.22. The molecule has 1 aliphatic rings. The highest BCUT2D eigenvalue weighted by molar-refractivity contribution is 6.32. The molecule has 2 unspecified atom stereocenters. The van der Waals surface area contributed by atoms with Gasteiger partial charge in [0.15, 0.2) is 0 Å². The summed E-state index contributed by atoms with van der Waals surface area (Å²) in [4.78, 5) is 0. The number of alkyl halides is 2. The molecule has 1 aliphatic carbocycles. The van der Waals surface area contributed by atoms with E-state index in [0.29, 0.717) is 18.5 Å². The molecule has 20 heavy (non-hydrogen) atoms. The maximum absolute atomic E-state index is 12.2. The lowest BCUT2D eigenvalue weighted by atomic mass is 9.84. The molecule has 3 N–H and O–H groups in total. The SMILES string of the molecule is NCC1CCCCC1Nc1ccc(OC(F)F)c(Cl)c1. The van der Waals surface area contributed by atoms with E-state index in [1.807, 2.05) is 0 Å². The largest absolute Gasteiger partial charge is 0.433 e. The number of anilines is 1. The minimum atomic E-state index is -2.87. The quantitative estimate of drug-likeness (QED) is 0.868. The molecule has 0 amide bonds. The summed E-state index contributed by atoms with van der Waals surface area (Å²) in [6.07, 6.45) is 4.57. The fourth-order valence-electron chi connectivity index (χ4n) is 2.68. The van der Waals surface area contributed by atoms with Crippen molar-refractivity contribution < 1.29 is 13.5 Å². The fraction of sp³-hybridized carbons (Fsp3) is 0.571. The Hall–Kier alpha value is -1.07. The van der Waals surface area contributed by atoms with Crippen molar-refractivity contribution in [1.29, 1.82) is 0 Å². The molecular weight excluding hydrogens is 286 g/mol. The Kier molecular flexibility index (Phi) is 5.43. The number of halogens is 3. The molecule has 0 radical (unpaired) electrons. The number of nitrogens with two attached hydrogens (primary N) is 1. The monoisotopic (exact) mass is 304 g/mol. The second kappa shape index (κ2) is 7.09. The summed E-state index contributed by atoms with van der Waals surface area (Å²) in [5.74, 6) is 0.436. The maximum Gasteiger partial charge on any atom is 0.387 e. The van der Waals surface area contributed by atoms with Gasteiger partial charge in [-0.25, -0.2) is 0 Å². The molecule has 0 bridgehead atoms. The van der Waals surface area contributed by atoms with Crippen LogP contribution in [-0.2, 0) is 0 Å². The van der Waals surface area contributed by atoms with Gasteiger partial charge in [0.05, 0.1) is 5.02 Å². The van der Waals surface area contributed by atoms with E-state index in [9.17, 15) is 8.78 Å². The Morgan fingerprint density at radius 2 is 2.10 bits per heavy atom. The van der Waals surface area contributed by atoms with Crippen LogP contribution in [0.5, 0.6) is 5.75 Å². The van der Waals surface area contributed by atoms with E-state index in [2.05, 4.69) is 10.1 Å². The number of rotatable bonds is 5. The van der Waals surface area contributed by atoms with E-state index in [0.717, 1.165) is 18.5 Å². The predicted octanol–water partition coefficient (Wildman–Crippen LogP) is 3.87. The zero-order valence-electron chi connectivity index (χ0n) is 11.1. The Morgan fingerprint density at radius 1 is 1.35 bits per heavy atom. The lowest BCUT2D eigenvalue weighted by molar-refractivity contribution is -0.0497. The van der Waals surface area contributed by atoms with Crippen molar-refractivity contribution in [2.24, 2.45) is 11.7 Å². The molecule has 1 aromatic rings. The van der Waals surface area contributed by atoms with E-state index in [-0.39, 0.29) is 10.8 Å². The van der Waals surface area contributed by atoms with E-state index >= 15 is 0 Å². The van der Waals surface area contributed by atoms with Gasteiger partial charge in [-0.05, 0) is 43.5 Å². The second-order valence-electron chi connectivity index (χ2n) is 5.05. The lowest BCUT2D eigenvalue weighted by Gasteiger charge is -2.32. The van der Waals surface area contributed by atoms with Gasteiger partial charge in [0.25, 0.3) is 0 Å². The zero-order chi connectivity index (χ0) is 14.5. The van der Waals surface area contributed by atoms with Gasteiger partial charge in [0.2, 0.25) is 0 Å². The van der Waals surface area contributed by atoms with Crippen LogP contribution in [0, 0.1) is 5.92 Å². The first kappa shape index (κ1) is 15.3. The van der Waals surface area contributed by atoms with Crippen LogP contribution in [0.3, 0.4) is 0 Å². The standard InChI is InChI=1S/C14H19ClF2N2O/c15-11-7-10(5-6-13(11)20-14(16)17)19-12-4-2-1-3-9(12)8-18/h5-7,9,12,14,19H,1-4,8,18H2. The lowest BCUT2D eigenvalue weighted by Crippen LogP contribution is -2.36. The van der Waals surface area contributed by atoms with Crippen molar-refractivity contribution in [3.05, 3.63) is 23.2 Å². The van der Waals surface area contributed by atoms with Gasteiger partial charge in [-0.3, -0.25) is 0 Å². The molecule has 1 saturated carbocycles. The summed E-state index contributed by atoms with van der Waals surface area (Å²) in [5.41, 5.74) is 6.59. The zero-order valence-corrected chi connectivity index (χ0v) is 11.9. The molecule has 1 aromatic carbocycles. The molecule has 2 atom stereocenters. The van der Waals surface area contributed by atoms with E-state index in [1.165, 1.54) is 18.9 Å². The molecule has 0 heterocycles. The van der Waals surface area contributed by atoms with Crippen LogP contribution in [0.15, 0.2) is 18.2 Å². The number of nitrogens with one attached hydrogen (secondary N) is 1. The Balaban J connectivity index is 2.04. The van der Waals surface area contributed by atoms with Crippen LogP contribution in [0.4, 0.5) is 14.5 Å². The third-order valence-electron chi connectivity index (χ3n) is 3.71. The fourth-order valence-corrected chi connectivity index (χ4v) is 2.90. The molecule has 0 spiro atoms. The van der Waals surface area contributed by atoms with Crippen molar-refractivity contribution >= 4 is 17.3 Å². The Morgan fingerprint density at radius 3 is 2.75 bits per heavy atom. The van der Waals surface area contributed by atoms with Crippen molar-refractivity contribution in [1.82, 2.24) is 0 Å². The molecule has 1 fully saturated rings. The first-order chi connectivity index (χ1) is 9.60. The average Bonchev–Trinajstić information content (AvgIpc) is 2.42. The van der Waals surface area contributed by atoms with E-state index in [4.69, 9.17) is 17.3 Å². The summed E-state index contributed by atoms with van der Waals surface area (Å²) in [5, 5.41) is 3.57. The predicted molar refractivity (Wildman–Crippen MR) is 76.5 cm³/mol. The molecule has 112 valence electrons. The number of benzene rings is 1. The summed E-state index contributed by atoms with van der Waals surface area (Å²) >= 11 is 5.94. The first-order valence-corrected chi connectivity index (χ1v) is 7.19. The van der Waals surface area contributed by atoms with Crippen molar-refractivity contribution in [3.8, 4) is 5.75 Å². The summed E-state index contributed by atoms with van der Waals surface area (Å²) in [6, 6.07) is 5.08. The summed E-state index contributed by atoms with van der Waals surface area (Å²) < 4.78 is 28.6. The molecule has 0 aliphatic heterocycles. The first-order valence-electron chi connectivity index (χ1n) is 6.81. The van der Waals surface area contributed by atoms with Crippen LogP contribution < -0.4 is 15.8 Å². The van der Waals surface area contributed by atoms with Gasteiger partial charge >= 0.3 is 6.61 Å². The molecule has 2 rings (SSSR count). The van der Waals surface area contributed by atoms with E-state index < -0.39 is 6.61 Å². The number of hydrogen-bond donors (Lipinski definition) is 2. The smallest absolute Gasteiger partial charge is 0.387 e. The van der Waals surface area contributed by atoms with Crippen LogP contribution >= 0.6 is 11.6 Å². The molecule has 0 saturated heterocycles. The van der Waals surface area contributed by atoms with Crippen molar-refractivity contribution in [2.75, 3.05) is 11.9 Å². The number of hydrogen-bond acceptors (Lipinski definition) is 3. The van der Waals surface area contributed by atoms with Gasteiger partial charge in [0, 0.05) is 11.7 Å². The van der Waals surface area contributed by atoms with Gasteiger partial charge in [-0.1, -0.05) is 24.4 Å². The molecule has 6 heteroatoms. The van der Waals surface area contributed by atoms with Gasteiger partial charge < -0.3 is 15.8 Å². The van der Waals surface area contributed by atoms with Gasteiger partial charge in [-0.15, -0.1) is 0 Å². The Bertz CT molecular complexity index is 445.